The van der Waals surface area contributed by atoms with Crippen molar-refractivity contribution in [3.05, 3.63) is 77.6 Å². The molecule has 0 atom stereocenters. The van der Waals surface area contributed by atoms with Gasteiger partial charge in [-0.25, -0.2) is 4.79 Å². The zero-order valence-corrected chi connectivity index (χ0v) is 15.7. The fourth-order valence-electron chi connectivity index (χ4n) is 2.44. The number of nitrogens with one attached hydrogen (secondary N) is 1. The van der Waals surface area contributed by atoms with Crippen molar-refractivity contribution in [2.45, 2.75) is 0 Å². The fraction of sp³-hybridized carbons (Fsp3) is 0.0476. The first-order valence-electron chi connectivity index (χ1n) is 8.23. The van der Waals surface area contributed by atoms with E-state index in [2.05, 4.69) is 10.3 Å². The van der Waals surface area contributed by atoms with Gasteiger partial charge >= 0.3 is 5.97 Å². The SMILES string of the molecule is COC(=O)c1cc(-c2ccccc2)sc1NC(=O)/C(C#N)=C/c1ccncc1. The van der Waals surface area contributed by atoms with Crippen LogP contribution in [0.25, 0.3) is 16.5 Å². The van der Waals surface area contributed by atoms with Crippen molar-refractivity contribution in [2.75, 3.05) is 12.4 Å². The van der Waals surface area contributed by atoms with E-state index in [4.69, 9.17) is 4.74 Å². The number of benzene rings is 1. The molecule has 0 aliphatic heterocycles. The molecule has 0 aliphatic rings. The third-order valence-corrected chi connectivity index (χ3v) is 4.90. The predicted molar refractivity (Wildman–Crippen MR) is 108 cm³/mol. The first-order valence-corrected chi connectivity index (χ1v) is 9.04. The number of rotatable bonds is 5. The fourth-order valence-corrected chi connectivity index (χ4v) is 3.48. The van der Waals surface area contributed by atoms with E-state index in [1.54, 1.807) is 30.6 Å². The second kappa shape index (κ2) is 8.75. The van der Waals surface area contributed by atoms with Crippen molar-refractivity contribution >= 4 is 34.3 Å². The Morgan fingerprint density at radius 3 is 2.54 bits per heavy atom. The van der Waals surface area contributed by atoms with E-state index >= 15 is 0 Å². The number of esters is 1. The van der Waals surface area contributed by atoms with E-state index in [0.29, 0.717) is 10.6 Å². The average Bonchev–Trinajstić information content (AvgIpc) is 3.16. The first kappa shape index (κ1) is 19.0. The molecule has 0 spiro atoms. The largest absolute Gasteiger partial charge is 0.465 e. The van der Waals surface area contributed by atoms with Gasteiger partial charge in [0.2, 0.25) is 0 Å². The first-order chi connectivity index (χ1) is 13.6. The molecule has 28 heavy (non-hydrogen) atoms. The van der Waals surface area contributed by atoms with Gasteiger partial charge in [0.1, 0.15) is 16.6 Å². The summed E-state index contributed by atoms with van der Waals surface area (Å²) in [5.41, 5.74) is 1.73. The molecule has 138 valence electrons. The number of hydrogen-bond donors (Lipinski definition) is 1. The summed E-state index contributed by atoms with van der Waals surface area (Å²) in [6.07, 6.45) is 4.60. The van der Waals surface area contributed by atoms with Gasteiger partial charge in [-0.2, -0.15) is 5.26 Å². The third kappa shape index (κ3) is 4.31. The maximum Gasteiger partial charge on any atom is 0.340 e. The lowest BCUT2D eigenvalue weighted by Crippen LogP contribution is -2.15. The molecule has 0 saturated heterocycles. The van der Waals surface area contributed by atoms with Gasteiger partial charge < -0.3 is 10.1 Å². The van der Waals surface area contributed by atoms with Crippen LogP contribution in [0, 0.1) is 11.3 Å². The van der Waals surface area contributed by atoms with Crippen LogP contribution in [0.3, 0.4) is 0 Å². The summed E-state index contributed by atoms with van der Waals surface area (Å²) in [5.74, 6) is -1.17. The quantitative estimate of drug-likeness (QED) is 0.402. The second-order valence-electron chi connectivity index (χ2n) is 5.62. The highest BCUT2D eigenvalue weighted by Gasteiger charge is 2.20. The van der Waals surface area contributed by atoms with Crippen molar-refractivity contribution < 1.29 is 14.3 Å². The zero-order chi connectivity index (χ0) is 19.9. The number of methoxy groups -OCH3 is 1. The van der Waals surface area contributed by atoms with Crippen LogP contribution in [-0.4, -0.2) is 24.0 Å². The van der Waals surface area contributed by atoms with Gasteiger partial charge in [0.25, 0.3) is 5.91 Å². The van der Waals surface area contributed by atoms with E-state index in [1.807, 2.05) is 36.4 Å². The number of nitriles is 1. The molecular weight excluding hydrogens is 374 g/mol. The van der Waals surface area contributed by atoms with Gasteiger partial charge in [0, 0.05) is 17.3 Å². The summed E-state index contributed by atoms with van der Waals surface area (Å²) in [4.78, 5) is 29.4. The van der Waals surface area contributed by atoms with Crippen LogP contribution in [0.5, 0.6) is 0 Å². The summed E-state index contributed by atoms with van der Waals surface area (Å²) in [6.45, 7) is 0. The number of carbonyl (C=O) groups excluding carboxylic acids is 2. The monoisotopic (exact) mass is 389 g/mol. The Morgan fingerprint density at radius 2 is 1.89 bits per heavy atom. The predicted octanol–water partition coefficient (Wildman–Crippen LogP) is 4.14. The number of hydrogen-bond acceptors (Lipinski definition) is 6. The van der Waals surface area contributed by atoms with Crippen molar-refractivity contribution in [1.82, 2.24) is 4.98 Å². The van der Waals surface area contributed by atoms with Gasteiger partial charge in [-0.05, 0) is 35.4 Å². The molecule has 0 radical (unpaired) electrons. The van der Waals surface area contributed by atoms with E-state index in [-0.39, 0.29) is 11.1 Å². The van der Waals surface area contributed by atoms with Gasteiger partial charge in [-0.1, -0.05) is 30.3 Å². The topological polar surface area (TPSA) is 92.1 Å². The Kier molecular flexibility index (Phi) is 5.94. The standard InChI is InChI=1S/C21H15N3O3S/c1-27-21(26)17-12-18(15-5-3-2-4-6-15)28-20(17)24-19(25)16(13-22)11-14-7-9-23-10-8-14/h2-12H,1H3,(H,24,25)/b16-11+. The van der Waals surface area contributed by atoms with Crippen molar-refractivity contribution in [3.8, 4) is 16.5 Å². The van der Waals surface area contributed by atoms with Crippen LogP contribution in [-0.2, 0) is 9.53 Å². The van der Waals surface area contributed by atoms with Crippen molar-refractivity contribution in [2.24, 2.45) is 0 Å². The molecule has 0 saturated carbocycles. The van der Waals surface area contributed by atoms with Crippen LogP contribution in [0.4, 0.5) is 5.00 Å². The lowest BCUT2D eigenvalue weighted by atomic mass is 10.1. The normalized spacial score (nSPS) is 10.8. The molecule has 1 amide bonds. The minimum absolute atomic E-state index is 0.0864. The number of amides is 1. The number of carbonyl (C=O) groups is 2. The maximum atomic E-state index is 12.6. The highest BCUT2D eigenvalue weighted by Crippen LogP contribution is 2.36. The second-order valence-corrected chi connectivity index (χ2v) is 6.67. The van der Waals surface area contributed by atoms with Crippen molar-refractivity contribution in [3.63, 3.8) is 0 Å². The molecule has 0 fully saturated rings. The highest BCUT2D eigenvalue weighted by atomic mass is 32.1. The molecule has 0 bridgehead atoms. The van der Waals surface area contributed by atoms with Crippen LogP contribution >= 0.6 is 11.3 Å². The number of anilines is 1. The van der Waals surface area contributed by atoms with Gasteiger partial charge in [0.15, 0.2) is 0 Å². The summed E-state index contributed by atoms with van der Waals surface area (Å²) in [5, 5.41) is 12.3. The molecular formula is C21H15N3O3S. The molecule has 1 aromatic carbocycles. The summed E-state index contributed by atoms with van der Waals surface area (Å²) < 4.78 is 4.82. The highest BCUT2D eigenvalue weighted by molar-refractivity contribution is 7.20. The third-order valence-electron chi connectivity index (χ3n) is 3.80. The number of thiophene rings is 1. The van der Waals surface area contributed by atoms with Crippen LogP contribution < -0.4 is 5.32 Å². The number of ether oxygens (including phenoxy) is 1. The molecule has 0 aliphatic carbocycles. The Labute approximate surface area is 165 Å². The van der Waals surface area contributed by atoms with Gasteiger partial charge in [-0.3, -0.25) is 9.78 Å². The lowest BCUT2D eigenvalue weighted by molar-refractivity contribution is -0.112. The average molecular weight is 389 g/mol. The van der Waals surface area contributed by atoms with Crippen LogP contribution in [0.15, 0.2) is 66.5 Å². The van der Waals surface area contributed by atoms with E-state index in [9.17, 15) is 14.9 Å². The van der Waals surface area contributed by atoms with E-state index in [0.717, 1.165) is 10.4 Å². The number of nitrogens with zero attached hydrogens (tertiary/aromatic N) is 2. The molecule has 1 N–H and O–H groups in total. The number of pyridine rings is 1. The lowest BCUT2D eigenvalue weighted by Gasteiger charge is -2.04. The molecule has 2 aromatic heterocycles. The maximum absolute atomic E-state index is 12.6. The van der Waals surface area contributed by atoms with Gasteiger partial charge in [-0.15, -0.1) is 11.3 Å². The Bertz CT molecular complexity index is 1070. The summed E-state index contributed by atoms with van der Waals surface area (Å²) in [6, 6.07) is 16.4. The van der Waals surface area contributed by atoms with Crippen LogP contribution in [0.2, 0.25) is 0 Å². The minimum Gasteiger partial charge on any atom is -0.465 e. The molecule has 6 nitrogen and oxygen atoms in total. The van der Waals surface area contributed by atoms with Crippen molar-refractivity contribution in [1.29, 1.82) is 5.26 Å². The molecule has 2 heterocycles. The van der Waals surface area contributed by atoms with E-state index in [1.165, 1.54) is 24.5 Å². The minimum atomic E-state index is -0.606. The Morgan fingerprint density at radius 1 is 1.18 bits per heavy atom. The molecule has 3 aromatic rings. The molecule has 7 heteroatoms. The zero-order valence-electron chi connectivity index (χ0n) is 14.9. The summed E-state index contributed by atoms with van der Waals surface area (Å²) >= 11 is 1.24. The Balaban J connectivity index is 1.93. The Hall–Kier alpha value is -3.76. The smallest absolute Gasteiger partial charge is 0.340 e. The van der Waals surface area contributed by atoms with E-state index < -0.39 is 11.9 Å². The molecule has 3 rings (SSSR count). The van der Waals surface area contributed by atoms with Crippen LogP contribution in [0.1, 0.15) is 15.9 Å². The summed E-state index contributed by atoms with van der Waals surface area (Å²) in [7, 11) is 1.28. The number of aromatic nitrogens is 1. The van der Waals surface area contributed by atoms with Gasteiger partial charge in [0.05, 0.1) is 12.7 Å². The molecule has 0 unspecified atom stereocenters.